The molecule has 33 heavy (non-hydrogen) atoms. The van der Waals surface area contributed by atoms with Gasteiger partial charge in [-0.3, -0.25) is 4.57 Å². The lowest BCUT2D eigenvalue weighted by atomic mass is 10.1. The average Bonchev–Trinajstić information content (AvgIpc) is 3.36. The first-order chi connectivity index (χ1) is 16.0. The van der Waals surface area contributed by atoms with Crippen molar-refractivity contribution in [2.75, 3.05) is 24.4 Å². The van der Waals surface area contributed by atoms with Crippen LogP contribution in [0.4, 0.5) is 5.82 Å². The van der Waals surface area contributed by atoms with Crippen molar-refractivity contribution in [3.63, 3.8) is 0 Å². The Morgan fingerprint density at radius 3 is 2.58 bits per heavy atom. The first-order valence-corrected chi connectivity index (χ1v) is 12.5. The highest BCUT2D eigenvalue weighted by Gasteiger charge is 2.44. The van der Waals surface area contributed by atoms with Crippen LogP contribution >= 0.6 is 35.0 Å². The number of benzene rings is 1. The number of alkyl halides is 1. The highest BCUT2D eigenvalue weighted by molar-refractivity contribution is 8.00. The molecule has 5 rings (SSSR count). The van der Waals surface area contributed by atoms with Gasteiger partial charge < -0.3 is 20.4 Å². The molecule has 0 unspecified atom stereocenters. The van der Waals surface area contributed by atoms with Gasteiger partial charge in [0.05, 0.1) is 12.2 Å². The maximum atomic E-state index is 10.4. The number of piperidine rings is 1. The number of aliphatic hydroxyl groups is 2. The third kappa shape index (κ3) is 4.79. The molecule has 0 saturated carbocycles. The number of hydrazine groups is 1. The number of hydrogen-bond donors (Lipinski definition) is 3. The SMILES string of the molecule is O[C@@H]1[C@H](O)[C@@H](CCl)O[C@H]1n1cnc2c(NN3CCC(Sc4ccccc4)CC3)nc(Cl)nc21. The van der Waals surface area contributed by atoms with E-state index in [0.29, 0.717) is 22.2 Å². The minimum atomic E-state index is -1.17. The average molecular weight is 511 g/mol. The van der Waals surface area contributed by atoms with E-state index in [-0.39, 0.29) is 11.2 Å². The van der Waals surface area contributed by atoms with Gasteiger partial charge in [-0.25, -0.2) is 9.99 Å². The Labute approximate surface area is 205 Å². The summed E-state index contributed by atoms with van der Waals surface area (Å²) in [6.07, 6.45) is -0.272. The van der Waals surface area contributed by atoms with Gasteiger partial charge in [-0.1, -0.05) is 18.2 Å². The van der Waals surface area contributed by atoms with E-state index in [9.17, 15) is 10.2 Å². The maximum Gasteiger partial charge on any atom is 0.226 e. The van der Waals surface area contributed by atoms with Gasteiger partial charge in [-0.15, -0.1) is 23.4 Å². The number of nitrogens with one attached hydrogen (secondary N) is 1. The van der Waals surface area contributed by atoms with Crippen LogP contribution in [0.15, 0.2) is 41.6 Å². The summed E-state index contributed by atoms with van der Waals surface area (Å²) in [5, 5.41) is 23.3. The van der Waals surface area contributed by atoms with Crippen LogP contribution in [0.25, 0.3) is 11.2 Å². The number of imidazole rings is 1. The second kappa shape index (κ2) is 9.91. The van der Waals surface area contributed by atoms with Gasteiger partial charge in [0.2, 0.25) is 5.28 Å². The molecule has 0 aliphatic carbocycles. The van der Waals surface area contributed by atoms with Crippen molar-refractivity contribution in [3.8, 4) is 0 Å². The molecule has 1 aromatic carbocycles. The third-order valence-electron chi connectivity index (χ3n) is 5.91. The Kier molecular flexibility index (Phi) is 6.94. The number of hydrogen-bond acceptors (Lipinski definition) is 9. The van der Waals surface area contributed by atoms with Gasteiger partial charge in [-0.2, -0.15) is 9.97 Å². The molecule has 0 spiro atoms. The molecule has 3 N–H and O–H groups in total. The van der Waals surface area contributed by atoms with Gasteiger partial charge in [-0.05, 0) is 36.6 Å². The number of thioether (sulfide) groups is 1. The fourth-order valence-corrected chi connectivity index (χ4v) is 5.73. The van der Waals surface area contributed by atoms with Crippen LogP contribution in [0.2, 0.25) is 5.28 Å². The van der Waals surface area contributed by atoms with Crippen molar-refractivity contribution in [2.24, 2.45) is 0 Å². The molecule has 2 aliphatic rings. The Balaban J connectivity index is 1.30. The molecule has 12 heteroatoms. The Morgan fingerprint density at radius 2 is 1.88 bits per heavy atom. The molecule has 2 aromatic heterocycles. The summed E-state index contributed by atoms with van der Waals surface area (Å²) in [7, 11) is 0. The summed E-state index contributed by atoms with van der Waals surface area (Å²) in [6.45, 7) is 1.70. The normalized spacial score (nSPS) is 26.8. The van der Waals surface area contributed by atoms with Gasteiger partial charge >= 0.3 is 0 Å². The molecule has 4 atom stereocenters. The molecule has 4 heterocycles. The first kappa shape index (κ1) is 23.1. The zero-order valence-electron chi connectivity index (χ0n) is 17.6. The zero-order chi connectivity index (χ0) is 22.9. The van der Waals surface area contributed by atoms with E-state index in [2.05, 4.69) is 49.7 Å². The van der Waals surface area contributed by atoms with Crippen molar-refractivity contribution in [1.82, 2.24) is 24.5 Å². The second-order valence-corrected chi connectivity index (χ2v) is 10.1. The van der Waals surface area contributed by atoms with Crippen LogP contribution in [0, 0.1) is 0 Å². The number of anilines is 1. The fraction of sp³-hybridized carbons (Fsp3) is 0.476. The molecule has 0 amide bonds. The predicted octanol–water partition coefficient (Wildman–Crippen LogP) is 2.92. The highest BCUT2D eigenvalue weighted by Crippen LogP contribution is 2.34. The Bertz CT molecular complexity index is 1100. The quantitative estimate of drug-likeness (QED) is 0.340. The smallest absolute Gasteiger partial charge is 0.226 e. The molecule has 2 fully saturated rings. The molecule has 3 aromatic rings. The van der Waals surface area contributed by atoms with Gasteiger partial charge in [0.25, 0.3) is 0 Å². The monoisotopic (exact) mass is 510 g/mol. The van der Waals surface area contributed by atoms with E-state index in [4.69, 9.17) is 27.9 Å². The lowest BCUT2D eigenvalue weighted by molar-refractivity contribution is -0.0291. The lowest BCUT2D eigenvalue weighted by Crippen LogP contribution is -2.39. The Hall–Kier alpha value is -1.66. The van der Waals surface area contributed by atoms with Crippen LogP contribution in [-0.4, -0.2) is 77.3 Å². The van der Waals surface area contributed by atoms with E-state index in [0.717, 1.165) is 25.9 Å². The lowest BCUT2D eigenvalue weighted by Gasteiger charge is -2.32. The van der Waals surface area contributed by atoms with Crippen molar-refractivity contribution in [2.45, 2.75) is 47.5 Å². The molecular formula is C21H24Cl2N6O3S. The van der Waals surface area contributed by atoms with Crippen LogP contribution in [-0.2, 0) is 4.74 Å². The molecule has 0 radical (unpaired) electrons. The summed E-state index contributed by atoms with van der Waals surface area (Å²) >= 11 is 14.0. The van der Waals surface area contributed by atoms with Crippen LogP contribution < -0.4 is 5.43 Å². The van der Waals surface area contributed by atoms with E-state index in [1.807, 2.05) is 17.8 Å². The van der Waals surface area contributed by atoms with Crippen molar-refractivity contribution in [3.05, 3.63) is 41.9 Å². The van der Waals surface area contributed by atoms with E-state index >= 15 is 0 Å². The standard InChI is InChI=1S/C21H24Cl2N6O3S/c22-10-14-16(30)17(31)20(32-14)29-11-24-15-18(25-21(23)26-19(15)29)27-28-8-6-13(7-9-28)33-12-4-2-1-3-5-12/h1-5,11,13-14,16-17,20,30-31H,6-10H2,(H,25,26,27)/t14-,16-,17-,20-/m1/s1. The number of halogens is 2. The summed E-state index contributed by atoms with van der Waals surface area (Å²) in [5.41, 5.74) is 4.23. The van der Waals surface area contributed by atoms with Crippen LogP contribution in [0.5, 0.6) is 0 Å². The predicted molar refractivity (Wildman–Crippen MR) is 127 cm³/mol. The molecule has 2 aliphatic heterocycles. The van der Waals surface area contributed by atoms with Gasteiger partial charge in [0.1, 0.15) is 18.3 Å². The molecule has 176 valence electrons. The van der Waals surface area contributed by atoms with Gasteiger partial charge in [0, 0.05) is 23.2 Å². The largest absolute Gasteiger partial charge is 0.387 e. The van der Waals surface area contributed by atoms with E-state index in [1.54, 1.807) is 4.57 Å². The highest BCUT2D eigenvalue weighted by atomic mass is 35.5. The molecule has 2 saturated heterocycles. The summed E-state index contributed by atoms with van der Waals surface area (Å²) < 4.78 is 7.29. The van der Waals surface area contributed by atoms with Crippen LogP contribution in [0.1, 0.15) is 19.1 Å². The zero-order valence-corrected chi connectivity index (χ0v) is 19.9. The number of aliphatic hydroxyl groups excluding tert-OH is 2. The van der Waals surface area contributed by atoms with Crippen molar-refractivity contribution < 1.29 is 14.9 Å². The summed E-state index contributed by atoms with van der Waals surface area (Å²) in [5.74, 6) is 0.544. The van der Waals surface area contributed by atoms with Crippen molar-refractivity contribution in [1.29, 1.82) is 0 Å². The summed E-state index contributed by atoms with van der Waals surface area (Å²) in [6, 6.07) is 10.4. The number of ether oxygens (including phenoxy) is 1. The third-order valence-corrected chi connectivity index (χ3v) is 7.73. The number of aromatic nitrogens is 4. The van der Waals surface area contributed by atoms with Gasteiger partial charge in [0.15, 0.2) is 23.2 Å². The van der Waals surface area contributed by atoms with E-state index in [1.165, 1.54) is 11.2 Å². The van der Waals surface area contributed by atoms with Crippen LogP contribution in [0.3, 0.4) is 0 Å². The summed E-state index contributed by atoms with van der Waals surface area (Å²) in [4.78, 5) is 14.3. The topological polar surface area (TPSA) is 109 Å². The minimum absolute atomic E-state index is 0.0446. The minimum Gasteiger partial charge on any atom is -0.387 e. The fourth-order valence-electron chi connectivity index (χ4n) is 4.17. The maximum absolute atomic E-state index is 10.4. The number of fused-ring (bicyclic) bond motifs is 1. The second-order valence-electron chi connectivity index (χ2n) is 8.09. The molecule has 0 bridgehead atoms. The Morgan fingerprint density at radius 1 is 1.12 bits per heavy atom. The van der Waals surface area contributed by atoms with Crippen molar-refractivity contribution >= 4 is 51.9 Å². The molecule has 9 nitrogen and oxygen atoms in total. The van der Waals surface area contributed by atoms with E-state index < -0.39 is 24.5 Å². The first-order valence-electron chi connectivity index (χ1n) is 10.7. The number of nitrogens with zero attached hydrogens (tertiary/aromatic N) is 5. The number of rotatable bonds is 6. The molecular weight excluding hydrogens is 487 g/mol.